The van der Waals surface area contributed by atoms with E-state index in [1.54, 1.807) is 0 Å². The van der Waals surface area contributed by atoms with Gasteiger partial charge in [-0.2, -0.15) is 0 Å². The van der Waals surface area contributed by atoms with Crippen LogP contribution in [-0.4, -0.2) is 37.8 Å². The highest BCUT2D eigenvalue weighted by Crippen LogP contribution is 2.82. The van der Waals surface area contributed by atoms with Crippen LogP contribution in [0, 0.1) is 23.2 Å². The molecular weight excluding hydrogens is 338 g/mol. The lowest BCUT2D eigenvalue weighted by molar-refractivity contribution is -0.151. The van der Waals surface area contributed by atoms with E-state index in [-0.39, 0.29) is 30.3 Å². The van der Waals surface area contributed by atoms with Crippen molar-refractivity contribution in [3.05, 3.63) is 35.9 Å². The molecule has 4 aliphatic carbocycles. The smallest absolute Gasteiger partial charge is 0.408 e. The Hall–Kier alpha value is -2.57. The Bertz CT molecular complexity index is 765. The molecule has 1 aromatic rings. The number of amides is 1. The fraction of sp³-hybridized carbons (Fsp3) is 0.526. The Morgan fingerprint density at radius 2 is 1.81 bits per heavy atom. The third kappa shape index (κ3) is 2.03. The number of hydrogen-bond donors (Lipinski definition) is 1. The molecule has 1 aromatic carbocycles. The number of alkyl carbamates (subject to hydrolysis) is 1. The third-order valence-electron chi connectivity index (χ3n) is 6.38. The molecular formula is C19H21NO6. The van der Waals surface area contributed by atoms with E-state index >= 15 is 0 Å². The van der Waals surface area contributed by atoms with Gasteiger partial charge in [0.25, 0.3) is 0 Å². The molecule has 5 unspecified atom stereocenters. The van der Waals surface area contributed by atoms with Gasteiger partial charge in [-0.15, -0.1) is 0 Å². The molecule has 7 heteroatoms. The van der Waals surface area contributed by atoms with Crippen LogP contribution in [0.1, 0.15) is 18.4 Å². The minimum atomic E-state index is -1.21. The van der Waals surface area contributed by atoms with Crippen LogP contribution in [0.25, 0.3) is 0 Å². The maximum Gasteiger partial charge on any atom is 0.408 e. The summed E-state index contributed by atoms with van der Waals surface area (Å²) >= 11 is 0. The second kappa shape index (κ2) is 5.72. The predicted octanol–water partition coefficient (Wildman–Crippen LogP) is 1.65. The van der Waals surface area contributed by atoms with E-state index in [9.17, 15) is 14.4 Å². The fourth-order valence-electron chi connectivity index (χ4n) is 5.44. The predicted molar refractivity (Wildman–Crippen MR) is 88.7 cm³/mol. The summed E-state index contributed by atoms with van der Waals surface area (Å²) in [5.74, 6) is -1.21. The first-order chi connectivity index (χ1) is 12.5. The number of hydrogen-bond acceptors (Lipinski definition) is 6. The van der Waals surface area contributed by atoms with Crippen molar-refractivity contribution in [1.82, 2.24) is 5.32 Å². The average molecular weight is 359 g/mol. The lowest BCUT2D eigenvalue weighted by atomic mass is 9.88. The summed E-state index contributed by atoms with van der Waals surface area (Å²) in [4.78, 5) is 37.3. The average Bonchev–Trinajstić information content (AvgIpc) is 2.95. The van der Waals surface area contributed by atoms with Crippen molar-refractivity contribution in [2.24, 2.45) is 23.2 Å². The number of ether oxygens (including phenoxy) is 3. The molecule has 7 nitrogen and oxygen atoms in total. The zero-order chi connectivity index (χ0) is 18.5. The molecule has 5 rings (SSSR count). The van der Waals surface area contributed by atoms with Crippen molar-refractivity contribution in [2.45, 2.75) is 25.0 Å². The van der Waals surface area contributed by atoms with Gasteiger partial charge in [0.2, 0.25) is 0 Å². The normalized spacial score (nSPS) is 35.5. The molecule has 1 amide bonds. The molecule has 0 spiro atoms. The first-order valence-electron chi connectivity index (χ1n) is 8.66. The van der Waals surface area contributed by atoms with Gasteiger partial charge in [-0.05, 0) is 30.2 Å². The Morgan fingerprint density at radius 3 is 2.42 bits per heavy atom. The Labute approximate surface area is 151 Å². The van der Waals surface area contributed by atoms with Crippen LogP contribution in [0.15, 0.2) is 30.3 Å². The van der Waals surface area contributed by atoms with Crippen LogP contribution in [-0.2, 0) is 30.4 Å². The van der Waals surface area contributed by atoms with Crippen LogP contribution >= 0.6 is 0 Å². The van der Waals surface area contributed by atoms with Crippen LogP contribution in [0.4, 0.5) is 4.79 Å². The first kappa shape index (κ1) is 16.9. The molecule has 0 aliphatic heterocycles. The van der Waals surface area contributed by atoms with Gasteiger partial charge in [-0.3, -0.25) is 4.79 Å². The third-order valence-corrected chi connectivity index (χ3v) is 6.38. The summed E-state index contributed by atoms with van der Waals surface area (Å²) in [5.41, 5.74) is -1.03. The number of carbonyl (C=O) groups is 3. The van der Waals surface area contributed by atoms with E-state index in [1.165, 1.54) is 14.2 Å². The fourth-order valence-corrected chi connectivity index (χ4v) is 5.44. The largest absolute Gasteiger partial charge is 0.469 e. The summed E-state index contributed by atoms with van der Waals surface area (Å²) in [6, 6.07) is 9.28. The van der Waals surface area contributed by atoms with Gasteiger partial charge in [0.05, 0.1) is 19.6 Å². The van der Waals surface area contributed by atoms with Crippen LogP contribution in [0.3, 0.4) is 0 Å². The molecule has 0 radical (unpaired) electrons. The molecule has 5 atom stereocenters. The summed E-state index contributed by atoms with van der Waals surface area (Å²) < 4.78 is 15.2. The van der Waals surface area contributed by atoms with E-state index in [2.05, 4.69) is 5.32 Å². The van der Waals surface area contributed by atoms with Crippen molar-refractivity contribution in [1.29, 1.82) is 0 Å². The maximum atomic E-state index is 12.6. The van der Waals surface area contributed by atoms with Crippen molar-refractivity contribution in [2.75, 3.05) is 14.2 Å². The molecule has 4 fully saturated rings. The lowest BCUT2D eigenvalue weighted by Crippen LogP contribution is -2.58. The Kier molecular flexibility index (Phi) is 3.71. The van der Waals surface area contributed by atoms with Gasteiger partial charge in [0, 0.05) is 5.92 Å². The van der Waals surface area contributed by atoms with Gasteiger partial charge >= 0.3 is 18.0 Å². The minimum absolute atomic E-state index is 0.0495. The SMILES string of the molecule is COC(=O)C12CC3CC1C2C3(NC(=O)OCc1ccccc1)C(=O)OC. The second-order valence-corrected chi connectivity index (χ2v) is 7.30. The number of nitrogens with one attached hydrogen (secondary N) is 1. The van der Waals surface area contributed by atoms with E-state index in [1.807, 2.05) is 30.3 Å². The van der Waals surface area contributed by atoms with Crippen LogP contribution in [0.2, 0.25) is 0 Å². The number of carbonyl (C=O) groups excluding carboxylic acids is 3. The first-order valence-corrected chi connectivity index (χ1v) is 8.66. The molecule has 26 heavy (non-hydrogen) atoms. The Balaban J connectivity index is 1.52. The van der Waals surface area contributed by atoms with Crippen molar-refractivity contribution in [3.63, 3.8) is 0 Å². The van der Waals surface area contributed by atoms with Crippen molar-refractivity contribution in [3.8, 4) is 0 Å². The Morgan fingerprint density at radius 1 is 1.12 bits per heavy atom. The van der Waals surface area contributed by atoms with Crippen LogP contribution < -0.4 is 5.32 Å². The summed E-state index contributed by atoms with van der Waals surface area (Å²) in [6.07, 6.45) is 0.550. The van der Waals surface area contributed by atoms with Gasteiger partial charge < -0.3 is 19.5 Å². The summed E-state index contributed by atoms with van der Waals surface area (Å²) in [5, 5.41) is 2.76. The second-order valence-electron chi connectivity index (χ2n) is 7.30. The van der Waals surface area contributed by atoms with E-state index in [0.717, 1.165) is 5.56 Å². The quantitative estimate of drug-likeness (QED) is 0.635. The highest BCUT2D eigenvalue weighted by atomic mass is 16.6. The highest BCUT2D eigenvalue weighted by Gasteiger charge is 2.90. The number of methoxy groups -OCH3 is 2. The van der Waals surface area contributed by atoms with E-state index in [4.69, 9.17) is 14.2 Å². The number of esters is 2. The molecule has 0 aromatic heterocycles. The van der Waals surface area contributed by atoms with Crippen molar-refractivity contribution >= 4 is 18.0 Å². The maximum absolute atomic E-state index is 12.6. The summed E-state index contributed by atoms with van der Waals surface area (Å²) in [7, 11) is 2.64. The molecule has 4 bridgehead atoms. The van der Waals surface area contributed by atoms with E-state index < -0.39 is 23.0 Å². The van der Waals surface area contributed by atoms with Gasteiger partial charge in [0.1, 0.15) is 12.1 Å². The van der Waals surface area contributed by atoms with Gasteiger partial charge in [0.15, 0.2) is 0 Å². The van der Waals surface area contributed by atoms with E-state index in [0.29, 0.717) is 12.8 Å². The number of rotatable bonds is 5. The molecule has 4 aliphatic rings. The molecule has 4 saturated carbocycles. The van der Waals surface area contributed by atoms with Gasteiger partial charge in [-0.1, -0.05) is 30.3 Å². The minimum Gasteiger partial charge on any atom is -0.469 e. The topological polar surface area (TPSA) is 90.9 Å². The monoisotopic (exact) mass is 359 g/mol. The molecule has 0 saturated heterocycles. The number of benzene rings is 1. The zero-order valence-corrected chi connectivity index (χ0v) is 14.7. The zero-order valence-electron chi connectivity index (χ0n) is 14.7. The lowest BCUT2D eigenvalue weighted by Gasteiger charge is -2.31. The van der Waals surface area contributed by atoms with Crippen molar-refractivity contribution < 1.29 is 28.6 Å². The van der Waals surface area contributed by atoms with Crippen LogP contribution in [0.5, 0.6) is 0 Å². The van der Waals surface area contributed by atoms with Gasteiger partial charge in [-0.25, -0.2) is 9.59 Å². The standard InChI is InChI=1S/C19H21NO6/c1-24-15(21)18-9-12-8-13(18)14(18)19(12,16(22)25-2)20-17(23)26-10-11-6-4-3-5-7-11/h3-7,12-14H,8-10H2,1-2H3,(H,20,23). The highest BCUT2D eigenvalue weighted by molar-refractivity contribution is 5.94. The molecule has 1 N–H and O–H groups in total. The molecule has 138 valence electrons. The molecule has 0 heterocycles. The summed E-state index contributed by atoms with van der Waals surface area (Å²) in [6.45, 7) is 0.102.